The monoisotopic (exact) mass is 418 g/mol. The van der Waals surface area contributed by atoms with E-state index in [1.165, 1.54) is 12.7 Å². The van der Waals surface area contributed by atoms with Crippen LogP contribution in [0.1, 0.15) is 42.4 Å². The van der Waals surface area contributed by atoms with Crippen LogP contribution in [0.4, 0.5) is 16.2 Å². The normalized spacial score (nSPS) is 20.3. The molecule has 0 spiro atoms. The van der Waals surface area contributed by atoms with E-state index in [9.17, 15) is 14.9 Å². The fraction of sp³-hybridized carbons (Fsp3) is 0.375. The molecule has 0 atom stereocenters. The molecule has 1 aliphatic heterocycles. The molecule has 1 saturated carbocycles. The van der Waals surface area contributed by atoms with Crippen molar-refractivity contribution in [2.24, 2.45) is 5.92 Å². The molecule has 2 aromatic carbocycles. The van der Waals surface area contributed by atoms with Crippen LogP contribution >= 0.6 is 0 Å². The smallest absolute Gasteiger partial charge is 0.322 e. The van der Waals surface area contributed by atoms with Crippen molar-refractivity contribution in [2.45, 2.75) is 45.2 Å². The topological polar surface area (TPSA) is 94.5 Å². The Morgan fingerprint density at radius 3 is 2.71 bits per heavy atom. The van der Waals surface area contributed by atoms with Crippen LogP contribution in [-0.4, -0.2) is 30.0 Å². The van der Waals surface area contributed by atoms with Gasteiger partial charge in [0, 0.05) is 23.3 Å². The van der Waals surface area contributed by atoms with Crippen LogP contribution < -0.4 is 15.4 Å². The number of urea groups is 1. The summed E-state index contributed by atoms with van der Waals surface area (Å²) in [6, 6.07) is 13.1. The predicted octanol–water partition coefficient (Wildman–Crippen LogP) is 4.42. The van der Waals surface area contributed by atoms with Gasteiger partial charge < -0.3 is 20.3 Å². The molecule has 1 fully saturated rings. The summed E-state index contributed by atoms with van der Waals surface area (Å²) in [5.74, 6) is 0.333. The Morgan fingerprint density at radius 2 is 2.00 bits per heavy atom. The number of nitrogens with one attached hydrogen (secondary N) is 2. The zero-order valence-electron chi connectivity index (χ0n) is 17.8. The average molecular weight is 418 g/mol. The number of hydrogen-bond acceptors (Lipinski definition) is 4. The first-order chi connectivity index (χ1) is 15.0. The maximum atomic E-state index is 12.8. The van der Waals surface area contributed by atoms with Gasteiger partial charge in [0.05, 0.1) is 19.2 Å². The highest BCUT2D eigenvalue weighted by Crippen LogP contribution is 2.34. The van der Waals surface area contributed by atoms with E-state index in [-0.39, 0.29) is 23.9 Å². The molecular formula is C24H26N4O3. The molecule has 3 amide bonds. The zero-order chi connectivity index (χ0) is 22.0. The molecule has 1 aliphatic carbocycles. The van der Waals surface area contributed by atoms with E-state index in [4.69, 9.17) is 4.74 Å². The minimum absolute atomic E-state index is 0.0446. The highest BCUT2D eigenvalue weighted by atomic mass is 16.5. The quantitative estimate of drug-likeness (QED) is 0.768. The van der Waals surface area contributed by atoms with E-state index >= 15 is 0 Å². The van der Waals surface area contributed by atoms with Gasteiger partial charge in [-0.05, 0) is 68.0 Å². The lowest BCUT2D eigenvalue weighted by Crippen LogP contribution is -2.47. The van der Waals surface area contributed by atoms with Crippen molar-refractivity contribution in [3.8, 4) is 11.8 Å². The summed E-state index contributed by atoms with van der Waals surface area (Å²) in [5, 5.41) is 15.2. The molecule has 4 rings (SSSR count). The standard InChI is InChI=1S/C24H26N4O3/c1-15-4-3-5-21-20(15)14-28(24(30)27-21)19-9-6-16(7-10-19)23(29)26-18-8-11-22(31-2)17(12-18)13-25/h3-5,8,11-12,16,19H,6-7,9-10,14H2,1-2H3,(H,26,29)(H,27,30). The Morgan fingerprint density at radius 1 is 1.23 bits per heavy atom. The third kappa shape index (κ3) is 4.19. The molecule has 2 aromatic rings. The van der Waals surface area contributed by atoms with Crippen LogP contribution in [0, 0.1) is 24.2 Å². The summed E-state index contributed by atoms with van der Waals surface area (Å²) < 4.78 is 5.15. The van der Waals surface area contributed by atoms with E-state index in [2.05, 4.69) is 29.7 Å². The Balaban J connectivity index is 1.37. The second-order valence-corrected chi connectivity index (χ2v) is 8.18. The summed E-state index contributed by atoms with van der Waals surface area (Å²) in [6.07, 6.45) is 3.03. The second-order valence-electron chi connectivity index (χ2n) is 8.18. The third-order valence-electron chi connectivity index (χ3n) is 6.34. The summed E-state index contributed by atoms with van der Waals surface area (Å²) in [6.45, 7) is 2.67. The molecule has 0 saturated heterocycles. The number of hydrogen-bond donors (Lipinski definition) is 2. The Labute approximate surface area is 182 Å². The van der Waals surface area contributed by atoms with Crippen LogP contribution in [0.15, 0.2) is 36.4 Å². The molecule has 7 heteroatoms. The van der Waals surface area contributed by atoms with Gasteiger partial charge in [-0.2, -0.15) is 5.26 Å². The van der Waals surface area contributed by atoms with Crippen molar-refractivity contribution in [1.82, 2.24) is 4.90 Å². The molecule has 31 heavy (non-hydrogen) atoms. The van der Waals surface area contributed by atoms with Crippen molar-refractivity contribution in [1.29, 1.82) is 5.26 Å². The van der Waals surface area contributed by atoms with Gasteiger partial charge >= 0.3 is 6.03 Å². The van der Waals surface area contributed by atoms with Gasteiger partial charge in [0.25, 0.3) is 0 Å². The average Bonchev–Trinajstić information content (AvgIpc) is 2.79. The molecule has 7 nitrogen and oxygen atoms in total. The van der Waals surface area contributed by atoms with E-state index in [1.54, 1.807) is 18.2 Å². The first-order valence-corrected chi connectivity index (χ1v) is 10.5. The van der Waals surface area contributed by atoms with Crippen molar-refractivity contribution >= 4 is 23.3 Å². The molecule has 1 heterocycles. The van der Waals surface area contributed by atoms with Gasteiger partial charge in [-0.25, -0.2) is 4.79 Å². The lowest BCUT2D eigenvalue weighted by molar-refractivity contribution is -0.121. The Kier molecular flexibility index (Phi) is 5.81. The number of methoxy groups -OCH3 is 1. The first-order valence-electron chi connectivity index (χ1n) is 10.5. The minimum atomic E-state index is -0.106. The molecule has 2 aliphatic rings. The van der Waals surface area contributed by atoms with Gasteiger partial charge in [-0.1, -0.05) is 12.1 Å². The van der Waals surface area contributed by atoms with Crippen LogP contribution in [0.2, 0.25) is 0 Å². The van der Waals surface area contributed by atoms with Crippen molar-refractivity contribution in [3.05, 3.63) is 53.1 Å². The van der Waals surface area contributed by atoms with Gasteiger partial charge in [0.15, 0.2) is 0 Å². The van der Waals surface area contributed by atoms with Gasteiger partial charge in [0.1, 0.15) is 11.8 Å². The van der Waals surface area contributed by atoms with Gasteiger partial charge in [-0.3, -0.25) is 4.79 Å². The maximum absolute atomic E-state index is 12.8. The highest BCUT2D eigenvalue weighted by Gasteiger charge is 2.34. The molecule has 2 N–H and O–H groups in total. The molecule has 0 radical (unpaired) electrons. The molecule has 0 bridgehead atoms. The summed E-state index contributed by atoms with van der Waals surface area (Å²) in [5.41, 5.74) is 4.20. The number of aryl methyl sites for hydroxylation is 1. The lowest BCUT2D eigenvalue weighted by atomic mass is 9.84. The maximum Gasteiger partial charge on any atom is 0.322 e. The molecular weight excluding hydrogens is 392 g/mol. The summed E-state index contributed by atoms with van der Waals surface area (Å²) in [7, 11) is 1.51. The molecule has 0 aromatic heterocycles. The SMILES string of the molecule is COc1ccc(NC(=O)C2CCC(N3Cc4c(C)cccc4NC3=O)CC2)cc1C#N. The number of rotatable bonds is 4. The third-order valence-corrected chi connectivity index (χ3v) is 6.34. The lowest BCUT2D eigenvalue weighted by Gasteiger charge is -2.39. The number of fused-ring (bicyclic) bond motifs is 1. The Hall–Kier alpha value is -3.53. The number of nitrogens with zero attached hydrogens (tertiary/aromatic N) is 2. The number of ether oxygens (including phenoxy) is 1. The van der Waals surface area contributed by atoms with Crippen LogP contribution in [0.3, 0.4) is 0 Å². The van der Waals surface area contributed by atoms with E-state index in [0.717, 1.165) is 36.9 Å². The van der Waals surface area contributed by atoms with Gasteiger partial charge in [-0.15, -0.1) is 0 Å². The fourth-order valence-electron chi connectivity index (χ4n) is 4.52. The largest absolute Gasteiger partial charge is 0.495 e. The van der Waals surface area contributed by atoms with E-state index in [0.29, 0.717) is 23.5 Å². The zero-order valence-corrected chi connectivity index (χ0v) is 17.8. The Bertz CT molecular complexity index is 1050. The van der Waals surface area contributed by atoms with E-state index < -0.39 is 0 Å². The fourth-order valence-corrected chi connectivity index (χ4v) is 4.52. The van der Waals surface area contributed by atoms with Gasteiger partial charge in [0.2, 0.25) is 5.91 Å². The summed E-state index contributed by atoms with van der Waals surface area (Å²) >= 11 is 0. The highest BCUT2D eigenvalue weighted by molar-refractivity contribution is 5.94. The van der Waals surface area contributed by atoms with Crippen LogP contribution in [0.25, 0.3) is 0 Å². The minimum Gasteiger partial charge on any atom is -0.495 e. The number of amides is 3. The van der Waals surface area contributed by atoms with Crippen molar-refractivity contribution in [3.63, 3.8) is 0 Å². The number of nitriles is 1. The number of benzene rings is 2. The predicted molar refractivity (Wildman–Crippen MR) is 118 cm³/mol. The van der Waals surface area contributed by atoms with Crippen molar-refractivity contribution in [2.75, 3.05) is 17.7 Å². The van der Waals surface area contributed by atoms with E-state index in [1.807, 2.05) is 17.0 Å². The molecule has 0 unspecified atom stereocenters. The molecule has 160 valence electrons. The number of carbonyl (C=O) groups is 2. The number of anilines is 2. The first kappa shape index (κ1) is 20.7. The van der Waals surface area contributed by atoms with Crippen LogP contribution in [-0.2, 0) is 11.3 Å². The van der Waals surface area contributed by atoms with Crippen molar-refractivity contribution < 1.29 is 14.3 Å². The second kappa shape index (κ2) is 8.68. The van der Waals surface area contributed by atoms with Crippen LogP contribution in [0.5, 0.6) is 5.75 Å². The number of carbonyl (C=O) groups excluding carboxylic acids is 2. The summed E-state index contributed by atoms with van der Waals surface area (Å²) in [4.78, 5) is 27.3.